The maximum absolute atomic E-state index is 13.6. The highest BCUT2D eigenvalue weighted by Gasteiger charge is 2.18. The van der Waals surface area contributed by atoms with Gasteiger partial charge in [-0.3, -0.25) is 9.36 Å². The molecule has 5 rings (SSSR count). The van der Waals surface area contributed by atoms with Gasteiger partial charge in [-0.2, -0.15) is 4.98 Å². The number of hydrogen-bond donors (Lipinski definition) is 0. The van der Waals surface area contributed by atoms with Gasteiger partial charge >= 0.3 is 0 Å². The first-order valence-electron chi connectivity index (χ1n) is 11.5. The van der Waals surface area contributed by atoms with E-state index in [0.29, 0.717) is 23.7 Å². The van der Waals surface area contributed by atoms with Crippen LogP contribution in [-0.2, 0) is 6.54 Å². The molecule has 0 radical (unpaired) electrons. The van der Waals surface area contributed by atoms with E-state index in [1.54, 1.807) is 15.9 Å². The topological polar surface area (TPSA) is 51.0 Å². The number of nitrogens with zero attached hydrogens (tertiary/aromatic N) is 4. The number of anilines is 2. The summed E-state index contributed by atoms with van der Waals surface area (Å²) in [6.07, 6.45) is 0. The molecular weight excluding hydrogens is 440 g/mol. The lowest BCUT2D eigenvalue weighted by Crippen LogP contribution is -2.24. The van der Waals surface area contributed by atoms with E-state index in [1.165, 1.54) is 0 Å². The van der Waals surface area contributed by atoms with Crippen LogP contribution in [0.5, 0.6) is 0 Å². The van der Waals surface area contributed by atoms with Gasteiger partial charge in [0.05, 0.1) is 11.3 Å². The Morgan fingerprint density at radius 3 is 2.24 bits per heavy atom. The monoisotopic (exact) mass is 466 g/mol. The highest BCUT2D eigenvalue weighted by Crippen LogP contribution is 2.34. The third kappa shape index (κ3) is 3.90. The molecule has 0 bridgehead atoms. The third-order valence-corrected chi connectivity index (χ3v) is 7.16. The molecule has 2 aromatic carbocycles. The highest BCUT2D eigenvalue weighted by atomic mass is 32.1. The number of rotatable bonds is 6. The van der Waals surface area contributed by atoms with Crippen molar-refractivity contribution in [3.8, 4) is 20.9 Å². The largest absolute Gasteiger partial charge is 0.311 e. The molecule has 0 saturated carbocycles. The van der Waals surface area contributed by atoms with E-state index in [-0.39, 0.29) is 5.56 Å². The second kappa shape index (κ2) is 9.23. The van der Waals surface area contributed by atoms with Gasteiger partial charge in [-0.25, -0.2) is 4.98 Å². The normalized spacial score (nSPS) is 11.1. The quantitative estimate of drug-likeness (QED) is 0.280. The molecule has 0 aliphatic rings. The third-order valence-electron chi connectivity index (χ3n) is 6.00. The highest BCUT2D eigenvalue weighted by molar-refractivity contribution is 7.18. The predicted octanol–water partition coefficient (Wildman–Crippen LogP) is 6.67. The van der Waals surface area contributed by atoms with Crippen LogP contribution in [0.2, 0.25) is 0 Å². The second-order valence-corrected chi connectivity index (χ2v) is 9.15. The molecule has 5 nitrogen and oxygen atoms in total. The van der Waals surface area contributed by atoms with Crippen molar-refractivity contribution < 1.29 is 0 Å². The van der Waals surface area contributed by atoms with Crippen LogP contribution in [0.3, 0.4) is 0 Å². The summed E-state index contributed by atoms with van der Waals surface area (Å²) < 4.78 is 1.77. The fourth-order valence-corrected chi connectivity index (χ4v) is 5.27. The maximum Gasteiger partial charge on any atom is 0.260 e. The van der Waals surface area contributed by atoms with Crippen molar-refractivity contribution in [2.75, 3.05) is 11.4 Å². The molecule has 3 heterocycles. The van der Waals surface area contributed by atoms with E-state index in [2.05, 4.69) is 30.0 Å². The number of para-hydroxylation sites is 1. The van der Waals surface area contributed by atoms with Crippen molar-refractivity contribution in [1.29, 1.82) is 0 Å². The van der Waals surface area contributed by atoms with Gasteiger partial charge in [0, 0.05) is 33.9 Å². The van der Waals surface area contributed by atoms with Gasteiger partial charge in [0.25, 0.3) is 5.56 Å². The van der Waals surface area contributed by atoms with Crippen LogP contribution in [0.1, 0.15) is 19.5 Å². The Labute approximate surface area is 203 Å². The smallest absolute Gasteiger partial charge is 0.260 e. The SMILES string of the molecule is CCN(c1ccccc1)c1nc(C)c2cc(-c3ccc(-c4ccccc4)s3)c(=O)n(CC)c2n1. The molecule has 0 atom stereocenters. The Hall–Kier alpha value is -3.77. The Morgan fingerprint density at radius 2 is 1.56 bits per heavy atom. The summed E-state index contributed by atoms with van der Waals surface area (Å²) in [6, 6.07) is 26.4. The van der Waals surface area contributed by atoms with Crippen molar-refractivity contribution in [1.82, 2.24) is 14.5 Å². The van der Waals surface area contributed by atoms with E-state index < -0.39 is 0 Å². The lowest BCUT2D eigenvalue weighted by molar-refractivity contribution is 0.748. The van der Waals surface area contributed by atoms with Crippen molar-refractivity contribution in [3.63, 3.8) is 0 Å². The molecule has 34 heavy (non-hydrogen) atoms. The van der Waals surface area contributed by atoms with E-state index in [4.69, 9.17) is 9.97 Å². The van der Waals surface area contributed by atoms with Gasteiger partial charge in [-0.1, -0.05) is 48.5 Å². The van der Waals surface area contributed by atoms with Crippen LogP contribution in [0.25, 0.3) is 31.9 Å². The molecular formula is C28H26N4OS. The average molecular weight is 467 g/mol. The molecule has 0 spiro atoms. The zero-order valence-corrected chi connectivity index (χ0v) is 20.3. The number of aromatic nitrogens is 3. The van der Waals surface area contributed by atoms with Gasteiger partial charge in [0.1, 0.15) is 5.65 Å². The van der Waals surface area contributed by atoms with Crippen molar-refractivity contribution in [2.24, 2.45) is 0 Å². The van der Waals surface area contributed by atoms with Crippen LogP contribution in [-0.4, -0.2) is 21.1 Å². The summed E-state index contributed by atoms with van der Waals surface area (Å²) in [5.41, 5.74) is 4.38. The molecule has 0 aliphatic heterocycles. The minimum Gasteiger partial charge on any atom is -0.311 e. The summed E-state index contributed by atoms with van der Waals surface area (Å²) in [5, 5.41) is 0.902. The number of aryl methyl sites for hydroxylation is 2. The van der Waals surface area contributed by atoms with Gasteiger partial charge in [0.2, 0.25) is 5.95 Å². The molecule has 6 heteroatoms. The Morgan fingerprint density at radius 1 is 0.882 bits per heavy atom. The standard InChI is InChI=1S/C28H26N4OS/c1-4-31(21-14-10-7-11-15-21)28-29-19(3)22-18-23(27(33)32(5-2)26(22)30-28)25-17-16-24(34-25)20-12-8-6-9-13-20/h6-18H,4-5H2,1-3H3. The molecule has 0 N–H and O–H groups in total. The molecule has 0 fully saturated rings. The molecule has 0 amide bonds. The minimum absolute atomic E-state index is 0.0247. The van der Waals surface area contributed by atoms with E-state index in [9.17, 15) is 4.79 Å². The first kappa shape index (κ1) is 22.0. The molecule has 3 aromatic heterocycles. The number of hydrogen-bond acceptors (Lipinski definition) is 5. The maximum atomic E-state index is 13.6. The predicted molar refractivity (Wildman–Crippen MR) is 142 cm³/mol. The zero-order chi connectivity index (χ0) is 23.7. The van der Waals surface area contributed by atoms with E-state index in [0.717, 1.165) is 38.6 Å². The van der Waals surface area contributed by atoms with Crippen LogP contribution in [0, 0.1) is 6.92 Å². The summed E-state index contributed by atoms with van der Waals surface area (Å²) in [6.45, 7) is 7.31. The first-order valence-corrected chi connectivity index (χ1v) is 12.3. The van der Waals surface area contributed by atoms with Gasteiger partial charge in [0.15, 0.2) is 0 Å². The first-order chi connectivity index (χ1) is 16.6. The van der Waals surface area contributed by atoms with Crippen molar-refractivity contribution >= 4 is 34.0 Å². The molecule has 170 valence electrons. The summed E-state index contributed by atoms with van der Waals surface area (Å²) in [4.78, 5) is 27.5. The van der Waals surface area contributed by atoms with E-state index >= 15 is 0 Å². The molecule has 0 unspecified atom stereocenters. The molecule has 5 aromatic rings. The second-order valence-electron chi connectivity index (χ2n) is 8.06. The lowest BCUT2D eigenvalue weighted by atomic mass is 10.1. The fourth-order valence-electron chi connectivity index (χ4n) is 4.25. The Balaban J connectivity index is 1.66. The van der Waals surface area contributed by atoms with Crippen LogP contribution < -0.4 is 10.5 Å². The number of thiophene rings is 1. The lowest BCUT2D eigenvalue weighted by Gasteiger charge is -2.22. The minimum atomic E-state index is -0.0247. The van der Waals surface area contributed by atoms with Crippen molar-refractivity contribution in [2.45, 2.75) is 27.3 Å². The zero-order valence-electron chi connectivity index (χ0n) is 19.5. The van der Waals surface area contributed by atoms with Crippen LogP contribution in [0.4, 0.5) is 11.6 Å². The fraction of sp³-hybridized carbons (Fsp3) is 0.179. The van der Waals surface area contributed by atoms with Crippen molar-refractivity contribution in [3.05, 3.63) is 94.9 Å². The van der Waals surface area contributed by atoms with E-state index in [1.807, 2.05) is 74.5 Å². The molecule has 0 aliphatic carbocycles. The number of pyridine rings is 1. The Bertz CT molecular complexity index is 1510. The van der Waals surface area contributed by atoms with Crippen LogP contribution >= 0.6 is 11.3 Å². The number of fused-ring (bicyclic) bond motifs is 1. The average Bonchev–Trinajstić information content (AvgIpc) is 3.36. The van der Waals surface area contributed by atoms with Crippen LogP contribution in [0.15, 0.2) is 83.7 Å². The Kier molecular flexibility index (Phi) is 5.99. The van der Waals surface area contributed by atoms with Gasteiger partial charge in [-0.05, 0) is 56.7 Å². The number of benzene rings is 2. The summed E-state index contributed by atoms with van der Waals surface area (Å²) >= 11 is 1.63. The molecule has 0 saturated heterocycles. The summed E-state index contributed by atoms with van der Waals surface area (Å²) in [5.74, 6) is 0.607. The van der Waals surface area contributed by atoms with Gasteiger partial charge in [-0.15, -0.1) is 11.3 Å². The summed E-state index contributed by atoms with van der Waals surface area (Å²) in [7, 11) is 0. The van der Waals surface area contributed by atoms with Gasteiger partial charge < -0.3 is 4.90 Å².